The van der Waals surface area contributed by atoms with Crippen LogP contribution in [0.15, 0.2) is 34.6 Å². The van der Waals surface area contributed by atoms with Crippen LogP contribution in [0, 0.1) is 0 Å². The molecule has 0 bridgehead atoms. The summed E-state index contributed by atoms with van der Waals surface area (Å²) in [5.41, 5.74) is 17.4. The van der Waals surface area contributed by atoms with Gasteiger partial charge in [0.15, 0.2) is 5.16 Å². The van der Waals surface area contributed by atoms with Gasteiger partial charge in [-0.25, -0.2) is 9.97 Å². The van der Waals surface area contributed by atoms with E-state index >= 15 is 0 Å². The highest BCUT2D eigenvalue weighted by Crippen LogP contribution is 2.29. The Morgan fingerprint density at radius 3 is 2.38 bits per heavy atom. The van der Waals surface area contributed by atoms with Crippen molar-refractivity contribution in [3.8, 4) is 0 Å². The molecule has 0 aliphatic carbocycles. The van der Waals surface area contributed by atoms with E-state index in [9.17, 15) is 0 Å². The van der Waals surface area contributed by atoms with E-state index in [0.717, 1.165) is 4.90 Å². The highest BCUT2D eigenvalue weighted by atomic mass is 32.2. The minimum absolute atomic E-state index is 0.336. The lowest BCUT2D eigenvalue weighted by atomic mass is 10.4. The molecule has 7 heteroatoms. The fraction of sp³-hybridized carbons (Fsp3) is 0. The number of anilines is 3. The Morgan fingerprint density at radius 1 is 1.06 bits per heavy atom. The molecule has 0 radical (unpaired) electrons. The standard InChI is InChI=1S/C9H10N6S/c10-5-4-13-2-1-6(5)16-9-14-7(11)3-8(12)15-9/h1-4H,10H2,(H4,11,12,14,15). The SMILES string of the molecule is Nc1cc(N)nc(Sc2ccncc2N)n1. The highest BCUT2D eigenvalue weighted by Gasteiger charge is 2.05. The first kappa shape index (κ1) is 10.5. The average molecular weight is 234 g/mol. The normalized spacial score (nSPS) is 10.2. The Hall–Kier alpha value is -2.02. The molecule has 0 unspecified atom stereocenters. The average Bonchev–Trinajstić information content (AvgIpc) is 2.20. The summed E-state index contributed by atoms with van der Waals surface area (Å²) in [7, 11) is 0. The van der Waals surface area contributed by atoms with Crippen LogP contribution in [0.3, 0.4) is 0 Å². The molecule has 2 rings (SSSR count). The first-order valence-corrected chi connectivity index (χ1v) is 5.24. The van der Waals surface area contributed by atoms with E-state index in [1.807, 2.05) is 0 Å². The monoisotopic (exact) mass is 234 g/mol. The molecule has 0 aromatic carbocycles. The van der Waals surface area contributed by atoms with Gasteiger partial charge in [0.25, 0.3) is 0 Å². The third-order valence-electron chi connectivity index (χ3n) is 1.76. The Bertz CT molecular complexity index is 495. The maximum absolute atomic E-state index is 5.74. The predicted octanol–water partition coefficient (Wildman–Crippen LogP) is 0.769. The topological polar surface area (TPSA) is 117 Å². The molecule has 0 spiro atoms. The molecule has 82 valence electrons. The van der Waals surface area contributed by atoms with Crippen LogP contribution in [0.5, 0.6) is 0 Å². The summed E-state index contributed by atoms with van der Waals surface area (Å²) in [5.74, 6) is 0.672. The van der Waals surface area contributed by atoms with E-state index in [4.69, 9.17) is 17.2 Å². The van der Waals surface area contributed by atoms with Crippen LogP contribution >= 0.6 is 11.8 Å². The molecule has 6 nitrogen and oxygen atoms in total. The van der Waals surface area contributed by atoms with Crippen molar-refractivity contribution in [2.75, 3.05) is 17.2 Å². The second-order valence-electron chi connectivity index (χ2n) is 3.02. The van der Waals surface area contributed by atoms with E-state index in [1.54, 1.807) is 18.5 Å². The third kappa shape index (κ3) is 2.31. The van der Waals surface area contributed by atoms with Crippen molar-refractivity contribution in [2.24, 2.45) is 0 Å². The Kier molecular flexibility index (Phi) is 2.78. The van der Waals surface area contributed by atoms with E-state index in [-0.39, 0.29) is 0 Å². The molecule has 2 heterocycles. The van der Waals surface area contributed by atoms with E-state index in [1.165, 1.54) is 17.8 Å². The molecule has 16 heavy (non-hydrogen) atoms. The smallest absolute Gasteiger partial charge is 0.196 e. The summed E-state index contributed by atoms with van der Waals surface area (Å²) in [6.45, 7) is 0. The number of rotatable bonds is 2. The van der Waals surface area contributed by atoms with Crippen molar-refractivity contribution in [3.05, 3.63) is 24.5 Å². The number of hydrogen-bond donors (Lipinski definition) is 3. The molecule has 0 fully saturated rings. The minimum Gasteiger partial charge on any atom is -0.397 e. The fourth-order valence-electron chi connectivity index (χ4n) is 1.09. The second kappa shape index (κ2) is 4.23. The highest BCUT2D eigenvalue weighted by molar-refractivity contribution is 7.99. The van der Waals surface area contributed by atoms with Crippen LogP contribution in [0.4, 0.5) is 17.3 Å². The van der Waals surface area contributed by atoms with Crippen LogP contribution < -0.4 is 17.2 Å². The van der Waals surface area contributed by atoms with Gasteiger partial charge >= 0.3 is 0 Å². The van der Waals surface area contributed by atoms with Crippen LogP contribution in [0.25, 0.3) is 0 Å². The second-order valence-corrected chi connectivity index (χ2v) is 4.02. The van der Waals surface area contributed by atoms with Gasteiger partial charge < -0.3 is 17.2 Å². The number of hydrogen-bond acceptors (Lipinski definition) is 7. The summed E-state index contributed by atoms with van der Waals surface area (Å²) < 4.78 is 0. The summed E-state index contributed by atoms with van der Waals surface area (Å²) in [5, 5.41) is 0.468. The van der Waals surface area contributed by atoms with Crippen molar-refractivity contribution in [1.82, 2.24) is 15.0 Å². The molecule has 0 aliphatic heterocycles. The van der Waals surface area contributed by atoms with Gasteiger partial charge in [0.2, 0.25) is 0 Å². The van der Waals surface area contributed by atoms with Gasteiger partial charge in [0.1, 0.15) is 11.6 Å². The zero-order valence-electron chi connectivity index (χ0n) is 8.29. The lowest BCUT2D eigenvalue weighted by Gasteiger charge is -2.04. The zero-order valence-corrected chi connectivity index (χ0v) is 9.11. The van der Waals surface area contributed by atoms with Crippen LogP contribution in [0.2, 0.25) is 0 Å². The Morgan fingerprint density at radius 2 is 1.75 bits per heavy atom. The summed E-state index contributed by atoms with van der Waals surface area (Å²) in [6.07, 6.45) is 3.21. The molecule has 0 saturated carbocycles. The van der Waals surface area contributed by atoms with Crippen molar-refractivity contribution >= 4 is 29.1 Å². The minimum atomic E-state index is 0.336. The van der Waals surface area contributed by atoms with Gasteiger partial charge in [-0.1, -0.05) is 0 Å². The Balaban J connectivity index is 2.30. The van der Waals surface area contributed by atoms with Crippen molar-refractivity contribution in [1.29, 1.82) is 0 Å². The molecule has 0 aliphatic rings. The molecule has 6 N–H and O–H groups in total. The van der Waals surface area contributed by atoms with Crippen molar-refractivity contribution in [2.45, 2.75) is 10.1 Å². The number of nitrogens with zero attached hydrogens (tertiary/aromatic N) is 3. The largest absolute Gasteiger partial charge is 0.397 e. The summed E-state index contributed by atoms with van der Waals surface area (Å²) in [6, 6.07) is 3.28. The van der Waals surface area contributed by atoms with Crippen molar-refractivity contribution < 1.29 is 0 Å². The maximum atomic E-state index is 5.74. The summed E-state index contributed by atoms with van der Waals surface area (Å²) in [4.78, 5) is 12.8. The fourth-order valence-corrected chi connectivity index (χ4v) is 1.89. The van der Waals surface area contributed by atoms with Gasteiger partial charge in [-0.05, 0) is 17.8 Å². The van der Waals surface area contributed by atoms with E-state index < -0.39 is 0 Å². The van der Waals surface area contributed by atoms with Gasteiger partial charge in [-0.15, -0.1) is 0 Å². The van der Waals surface area contributed by atoms with Gasteiger partial charge in [-0.2, -0.15) is 0 Å². The van der Waals surface area contributed by atoms with Crippen LogP contribution in [-0.4, -0.2) is 15.0 Å². The number of aromatic nitrogens is 3. The van der Waals surface area contributed by atoms with Crippen LogP contribution in [0.1, 0.15) is 0 Å². The zero-order chi connectivity index (χ0) is 11.5. The molecular weight excluding hydrogens is 224 g/mol. The van der Waals surface area contributed by atoms with Crippen molar-refractivity contribution in [3.63, 3.8) is 0 Å². The molecule has 0 saturated heterocycles. The van der Waals surface area contributed by atoms with E-state index in [2.05, 4.69) is 15.0 Å². The van der Waals surface area contributed by atoms with Gasteiger partial charge in [-0.3, -0.25) is 4.98 Å². The van der Waals surface area contributed by atoms with E-state index in [0.29, 0.717) is 22.5 Å². The number of nitrogens with two attached hydrogens (primary N) is 3. The molecule has 2 aromatic heterocycles. The lowest BCUT2D eigenvalue weighted by molar-refractivity contribution is 0.984. The van der Waals surface area contributed by atoms with Crippen LogP contribution in [-0.2, 0) is 0 Å². The first-order chi connectivity index (χ1) is 7.65. The Labute approximate surface area is 96.3 Å². The lowest BCUT2D eigenvalue weighted by Crippen LogP contribution is -1.99. The van der Waals surface area contributed by atoms with Gasteiger partial charge in [0.05, 0.1) is 11.9 Å². The first-order valence-electron chi connectivity index (χ1n) is 4.42. The maximum Gasteiger partial charge on any atom is 0.196 e. The third-order valence-corrected chi connectivity index (χ3v) is 2.71. The number of pyridine rings is 1. The molecule has 0 atom stereocenters. The molecular formula is C9H10N6S. The number of nitrogen functional groups attached to an aromatic ring is 3. The predicted molar refractivity (Wildman–Crippen MR) is 63.6 cm³/mol. The quantitative estimate of drug-likeness (QED) is 0.657. The summed E-state index contributed by atoms with van der Waals surface area (Å²) >= 11 is 1.30. The molecule has 2 aromatic rings. The van der Waals surface area contributed by atoms with Gasteiger partial charge in [0, 0.05) is 17.2 Å². The molecule has 0 amide bonds.